The zero-order valence-corrected chi connectivity index (χ0v) is 11.3. The fourth-order valence-corrected chi connectivity index (χ4v) is 2.28. The van der Waals surface area contributed by atoms with Gasteiger partial charge in [0.05, 0.1) is 5.69 Å². The van der Waals surface area contributed by atoms with Gasteiger partial charge in [0.1, 0.15) is 0 Å². The first-order valence-corrected chi connectivity index (χ1v) is 6.75. The Hall–Kier alpha value is -2.55. The number of carbonyl (C=O) groups is 1. The average molecular weight is 264 g/mol. The molecule has 0 saturated heterocycles. The molecule has 3 rings (SSSR count). The van der Waals surface area contributed by atoms with Gasteiger partial charge in [-0.05, 0) is 18.2 Å². The molecule has 3 nitrogen and oxygen atoms in total. The Morgan fingerprint density at radius 3 is 2.65 bits per heavy atom. The molecule has 0 aliphatic rings. The van der Waals surface area contributed by atoms with Crippen LogP contribution >= 0.6 is 0 Å². The molecule has 3 aromatic rings. The summed E-state index contributed by atoms with van der Waals surface area (Å²) < 4.78 is 0. The molecule has 1 heterocycles. The highest BCUT2D eigenvalue weighted by molar-refractivity contribution is 5.96. The number of fused-ring (bicyclic) bond motifs is 1. The molecule has 0 bridgehead atoms. The number of nitrogens with one attached hydrogen (secondary N) is 2. The first kappa shape index (κ1) is 12.5. The van der Waals surface area contributed by atoms with Gasteiger partial charge in [-0.3, -0.25) is 4.79 Å². The van der Waals surface area contributed by atoms with Crippen molar-refractivity contribution >= 4 is 22.5 Å². The third-order valence-corrected chi connectivity index (χ3v) is 3.34. The second-order valence-electron chi connectivity index (χ2n) is 4.72. The topological polar surface area (TPSA) is 44.9 Å². The van der Waals surface area contributed by atoms with E-state index in [2.05, 4.69) is 22.4 Å². The molecule has 1 aromatic heterocycles. The summed E-state index contributed by atoms with van der Waals surface area (Å²) in [6.45, 7) is 1.85. The molecule has 100 valence electrons. The third-order valence-electron chi connectivity index (χ3n) is 3.34. The maximum atomic E-state index is 11.6. The van der Waals surface area contributed by atoms with E-state index < -0.39 is 0 Å². The van der Waals surface area contributed by atoms with Gasteiger partial charge in [-0.1, -0.05) is 43.3 Å². The van der Waals surface area contributed by atoms with Crippen LogP contribution in [-0.2, 0) is 4.79 Å². The summed E-state index contributed by atoms with van der Waals surface area (Å²) in [7, 11) is 0. The van der Waals surface area contributed by atoms with Crippen LogP contribution in [0.25, 0.3) is 22.2 Å². The maximum Gasteiger partial charge on any atom is 0.224 e. The number of aromatic nitrogens is 1. The third kappa shape index (κ3) is 2.30. The molecule has 3 heteroatoms. The number of amides is 1. The highest BCUT2D eigenvalue weighted by Crippen LogP contribution is 2.29. The minimum absolute atomic E-state index is 0.0218. The van der Waals surface area contributed by atoms with Gasteiger partial charge >= 0.3 is 0 Å². The lowest BCUT2D eigenvalue weighted by atomic mass is 10.1. The van der Waals surface area contributed by atoms with E-state index in [0.717, 1.165) is 22.5 Å². The van der Waals surface area contributed by atoms with E-state index in [9.17, 15) is 4.79 Å². The predicted molar refractivity (Wildman–Crippen MR) is 82.7 cm³/mol. The summed E-state index contributed by atoms with van der Waals surface area (Å²) in [6.07, 6.45) is 0.473. The van der Waals surface area contributed by atoms with Gasteiger partial charge in [-0.15, -0.1) is 0 Å². The zero-order valence-electron chi connectivity index (χ0n) is 11.3. The Balaban J connectivity index is 2.07. The van der Waals surface area contributed by atoms with E-state index in [1.165, 1.54) is 5.39 Å². The lowest BCUT2D eigenvalue weighted by Crippen LogP contribution is -2.10. The summed E-state index contributed by atoms with van der Waals surface area (Å²) in [5, 5.41) is 4.11. The number of rotatable bonds is 3. The zero-order chi connectivity index (χ0) is 13.9. The van der Waals surface area contributed by atoms with Gasteiger partial charge in [-0.25, -0.2) is 0 Å². The van der Waals surface area contributed by atoms with E-state index in [-0.39, 0.29) is 5.91 Å². The second-order valence-corrected chi connectivity index (χ2v) is 4.72. The Morgan fingerprint density at radius 2 is 1.85 bits per heavy atom. The number of para-hydroxylation sites is 2. The van der Waals surface area contributed by atoms with E-state index >= 15 is 0 Å². The SMILES string of the molecule is CCC(=O)Nc1ccccc1-c1cc2ccccc2[nH]1. The standard InChI is InChI=1S/C17H16N2O/c1-2-17(20)19-15-10-6-4-8-13(15)16-11-12-7-3-5-9-14(12)18-16/h3-11,18H,2H2,1H3,(H,19,20). The van der Waals surface area contributed by atoms with Crippen LogP contribution in [0.4, 0.5) is 5.69 Å². The van der Waals surface area contributed by atoms with Crippen molar-refractivity contribution in [3.8, 4) is 11.3 Å². The summed E-state index contributed by atoms with van der Waals surface area (Å²) in [5.41, 5.74) is 3.95. The molecular weight excluding hydrogens is 248 g/mol. The van der Waals surface area contributed by atoms with Crippen molar-refractivity contribution < 1.29 is 4.79 Å². The Bertz CT molecular complexity index is 725. The number of aromatic amines is 1. The molecule has 20 heavy (non-hydrogen) atoms. The van der Waals surface area contributed by atoms with Crippen molar-refractivity contribution in [2.45, 2.75) is 13.3 Å². The average Bonchev–Trinajstić information content (AvgIpc) is 2.91. The number of H-pyrrole nitrogens is 1. The van der Waals surface area contributed by atoms with Crippen LogP contribution in [0.15, 0.2) is 54.6 Å². The van der Waals surface area contributed by atoms with E-state index in [0.29, 0.717) is 6.42 Å². The molecule has 0 unspecified atom stereocenters. The molecule has 0 radical (unpaired) electrons. The fraction of sp³-hybridized carbons (Fsp3) is 0.118. The quantitative estimate of drug-likeness (QED) is 0.732. The van der Waals surface area contributed by atoms with Crippen molar-refractivity contribution in [3.63, 3.8) is 0 Å². The Morgan fingerprint density at radius 1 is 1.10 bits per heavy atom. The van der Waals surface area contributed by atoms with Crippen LogP contribution in [0.3, 0.4) is 0 Å². The van der Waals surface area contributed by atoms with Gasteiger partial charge in [0, 0.05) is 28.6 Å². The number of benzene rings is 2. The van der Waals surface area contributed by atoms with Gasteiger partial charge in [-0.2, -0.15) is 0 Å². The molecule has 0 saturated carbocycles. The molecule has 2 aromatic carbocycles. The molecule has 2 N–H and O–H groups in total. The monoisotopic (exact) mass is 264 g/mol. The van der Waals surface area contributed by atoms with Gasteiger partial charge < -0.3 is 10.3 Å². The number of hydrogen-bond acceptors (Lipinski definition) is 1. The van der Waals surface area contributed by atoms with Crippen molar-refractivity contribution in [2.24, 2.45) is 0 Å². The van der Waals surface area contributed by atoms with Gasteiger partial charge in [0.15, 0.2) is 0 Å². The molecule has 0 aliphatic carbocycles. The minimum Gasteiger partial charge on any atom is -0.354 e. The Kier molecular flexibility index (Phi) is 3.25. The molecular formula is C17H16N2O. The van der Waals surface area contributed by atoms with E-state index in [4.69, 9.17) is 0 Å². The van der Waals surface area contributed by atoms with Gasteiger partial charge in [0.2, 0.25) is 5.91 Å². The van der Waals surface area contributed by atoms with Crippen LogP contribution in [0.2, 0.25) is 0 Å². The summed E-state index contributed by atoms with van der Waals surface area (Å²) in [6, 6.07) is 18.1. The highest BCUT2D eigenvalue weighted by atomic mass is 16.1. The number of anilines is 1. The van der Waals surface area contributed by atoms with E-state index in [1.807, 2.05) is 49.4 Å². The van der Waals surface area contributed by atoms with Crippen LogP contribution < -0.4 is 5.32 Å². The molecule has 1 amide bonds. The largest absolute Gasteiger partial charge is 0.354 e. The first-order chi connectivity index (χ1) is 9.78. The smallest absolute Gasteiger partial charge is 0.224 e. The summed E-state index contributed by atoms with van der Waals surface area (Å²) in [5.74, 6) is 0.0218. The first-order valence-electron chi connectivity index (χ1n) is 6.75. The van der Waals surface area contributed by atoms with Crippen LogP contribution in [0, 0.1) is 0 Å². The van der Waals surface area contributed by atoms with Crippen LogP contribution in [0.5, 0.6) is 0 Å². The predicted octanol–water partition coefficient (Wildman–Crippen LogP) is 4.18. The van der Waals surface area contributed by atoms with Crippen molar-refractivity contribution in [1.82, 2.24) is 4.98 Å². The second kappa shape index (κ2) is 5.21. The summed E-state index contributed by atoms with van der Waals surface area (Å²) in [4.78, 5) is 15.0. The van der Waals surface area contributed by atoms with Gasteiger partial charge in [0.25, 0.3) is 0 Å². The van der Waals surface area contributed by atoms with Crippen molar-refractivity contribution in [1.29, 1.82) is 0 Å². The highest BCUT2D eigenvalue weighted by Gasteiger charge is 2.09. The molecule has 0 fully saturated rings. The Labute approximate surface area is 117 Å². The molecule has 0 aliphatic heterocycles. The molecule has 0 atom stereocenters. The fourth-order valence-electron chi connectivity index (χ4n) is 2.28. The van der Waals surface area contributed by atoms with Crippen LogP contribution in [0.1, 0.15) is 13.3 Å². The summed E-state index contributed by atoms with van der Waals surface area (Å²) >= 11 is 0. The normalized spacial score (nSPS) is 10.7. The van der Waals surface area contributed by atoms with Crippen LogP contribution in [-0.4, -0.2) is 10.9 Å². The lowest BCUT2D eigenvalue weighted by molar-refractivity contribution is -0.115. The van der Waals surface area contributed by atoms with E-state index in [1.54, 1.807) is 0 Å². The number of hydrogen-bond donors (Lipinski definition) is 2. The lowest BCUT2D eigenvalue weighted by Gasteiger charge is -2.09. The minimum atomic E-state index is 0.0218. The maximum absolute atomic E-state index is 11.6. The number of carbonyl (C=O) groups excluding carboxylic acids is 1. The van der Waals surface area contributed by atoms with Crippen molar-refractivity contribution in [2.75, 3.05) is 5.32 Å². The molecule has 0 spiro atoms. The van der Waals surface area contributed by atoms with Crippen molar-refractivity contribution in [3.05, 3.63) is 54.6 Å².